The summed E-state index contributed by atoms with van der Waals surface area (Å²) in [5.74, 6) is 0.317. The molecule has 1 aromatic carbocycles. The molecule has 1 aliphatic heterocycles. The molecule has 2 aromatic heterocycles. The fourth-order valence-corrected chi connectivity index (χ4v) is 4.63. The summed E-state index contributed by atoms with van der Waals surface area (Å²) in [6.45, 7) is -2.19. The Hall–Kier alpha value is -3.83. The summed E-state index contributed by atoms with van der Waals surface area (Å²) in [5.41, 5.74) is 0.222. The van der Waals surface area contributed by atoms with Crippen LogP contribution in [0.1, 0.15) is 50.2 Å². The van der Waals surface area contributed by atoms with Gasteiger partial charge in [0.25, 0.3) is 5.91 Å². The van der Waals surface area contributed by atoms with Gasteiger partial charge in [-0.2, -0.15) is 22.8 Å². The lowest BCUT2D eigenvalue weighted by molar-refractivity contribution is -0.141. The Morgan fingerprint density at radius 3 is 2.49 bits per heavy atom. The third-order valence-electron chi connectivity index (χ3n) is 6.87. The zero-order valence-corrected chi connectivity index (χ0v) is 20.3. The van der Waals surface area contributed by atoms with Crippen molar-refractivity contribution in [3.05, 3.63) is 58.9 Å². The molecule has 0 spiro atoms. The molecule has 0 unspecified atom stereocenters. The van der Waals surface area contributed by atoms with Gasteiger partial charge in [0.05, 0.1) is 0 Å². The lowest BCUT2D eigenvalue weighted by atomic mass is 9.73. The molecule has 5 rings (SSSR count). The summed E-state index contributed by atoms with van der Waals surface area (Å²) in [6.07, 6.45) is -2.83. The van der Waals surface area contributed by atoms with Gasteiger partial charge in [0.1, 0.15) is 5.82 Å². The molecule has 2 fully saturated rings. The zero-order valence-electron chi connectivity index (χ0n) is 23.3. The highest BCUT2D eigenvalue weighted by Crippen LogP contribution is 2.41. The lowest BCUT2D eigenvalue weighted by Gasteiger charge is -2.50. The van der Waals surface area contributed by atoms with Crippen LogP contribution in [-0.2, 0) is 11.6 Å². The Morgan fingerprint density at radius 1 is 1.19 bits per heavy atom. The number of hydrogen-bond donors (Lipinski definition) is 2. The molecule has 2 aliphatic rings. The minimum atomic E-state index is -4.64. The molecule has 1 saturated heterocycles. The van der Waals surface area contributed by atoms with Crippen molar-refractivity contribution in [2.75, 3.05) is 46.0 Å². The molecule has 1 aliphatic carbocycles. The van der Waals surface area contributed by atoms with Crippen LogP contribution in [-0.4, -0.2) is 77.0 Å². The van der Waals surface area contributed by atoms with Crippen LogP contribution in [0.5, 0.6) is 0 Å². The first-order valence-electron chi connectivity index (χ1n) is 13.3. The van der Waals surface area contributed by atoms with E-state index in [1.165, 1.54) is 9.80 Å². The topological polar surface area (TPSA) is 94.9 Å². The highest BCUT2D eigenvalue weighted by molar-refractivity contribution is 5.93. The number of fused-ring (bicyclic) bond motifs is 1. The van der Waals surface area contributed by atoms with Gasteiger partial charge in [-0.1, -0.05) is 12.1 Å². The van der Waals surface area contributed by atoms with Gasteiger partial charge in [-0.15, -0.1) is 0 Å². The van der Waals surface area contributed by atoms with Crippen molar-refractivity contribution < 1.29 is 26.9 Å². The van der Waals surface area contributed by atoms with Crippen LogP contribution in [0, 0.1) is 0 Å². The Morgan fingerprint density at radius 2 is 1.89 bits per heavy atom. The number of hydrogen-bond acceptors (Lipinski definition) is 5. The average Bonchev–Trinajstić information content (AvgIpc) is 3.59. The molecular formula is C25H28F3N7O2. The van der Waals surface area contributed by atoms with Gasteiger partial charge in [0.15, 0.2) is 11.3 Å². The summed E-state index contributed by atoms with van der Waals surface area (Å²) in [7, 11) is 3.28. The SMILES string of the molecule is [2H]C([2H])([2H])NC(=O)N1CC(CNc2cc(C3CC3)nc3cc(C(F)(F)F)nn23)(c2ccc(C(=O)N(C)C)cc2)C1. The van der Waals surface area contributed by atoms with Gasteiger partial charge in [0.2, 0.25) is 0 Å². The summed E-state index contributed by atoms with van der Waals surface area (Å²) < 4.78 is 63.4. The van der Waals surface area contributed by atoms with Crippen molar-refractivity contribution in [2.45, 2.75) is 30.4 Å². The smallest absolute Gasteiger partial charge is 0.369 e. The summed E-state index contributed by atoms with van der Waals surface area (Å²) in [5, 5.41) is 8.95. The molecule has 2 N–H and O–H groups in total. The van der Waals surface area contributed by atoms with Gasteiger partial charge >= 0.3 is 12.2 Å². The van der Waals surface area contributed by atoms with E-state index in [1.807, 2.05) is 5.32 Å². The highest BCUT2D eigenvalue weighted by Gasteiger charge is 2.46. The number of likely N-dealkylation sites (tertiary alicyclic amines) is 1. The summed E-state index contributed by atoms with van der Waals surface area (Å²) in [6, 6.07) is 8.74. The second-order valence-corrected chi connectivity index (χ2v) is 9.83. The molecule has 0 radical (unpaired) electrons. The maximum absolute atomic E-state index is 13.4. The molecule has 0 atom stereocenters. The third-order valence-corrected chi connectivity index (χ3v) is 6.87. The van der Waals surface area contributed by atoms with Crippen LogP contribution >= 0.6 is 0 Å². The molecule has 3 aromatic rings. The zero-order chi connectivity index (χ0) is 29.0. The van der Waals surface area contributed by atoms with Crippen LogP contribution in [0.15, 0.2) is 36.4 Å². The predicted octanol–water partition coefficient (Wildman–Crippen LogP) is 3.33. The van der Waals surface area contributed by atoms with Crippen LogP contribution in [0.2, 0.25) is 0 Å². The van der Waals surface area contributed by atoms with Crippen molar-refractivity contribution in [3.8, 4) is 0 Å². The van der Waals surface area contributed by atoms with Gasteiger partial charge in [-0.05, 0) is 30.5 Å². The van der Waals surface area contributed by atoms with Crippen molar-refractivity contribution in [2.24, 2.45) is 0 Å². The number of halogens is 3. The normalized spacial score (nSPS) is 18.4. The van der Waals surface area contributed by atoms with Crippen LogP contribution in [0.4, 0.5) is 23.8 Å². The third kappa shape index (κ3) is 4.67. The maximum atomic E-state index is 13.4. The number of rotatable bonds is 6. The maximum Gasteiger partial charge on any atom is 0.435 e. The number of alkyl halides is 3. The van der Waals surface area contributed by atoms with E-state index >= 15 is 0 Å². The largest absolute Gasteiger partial charge is 0.435 e. The first-order chi connectivity index (χ1) is 18.6. The molecule has 12 heteroatoms. The van der Waals surface area contributed by atoms with Gasteiger partial charge in [0, 0.05) is 79.5 Å². The minimum Gasteiger partial charge on any atom is -0.369 e. The Bertz CT molecular complexity index is 1440. The molecule has 1 saturated carbocycles. The number of urea groups is 1. The van der Waals surface area contributed by atoms with Gasteiger partial charge in [-0.3, -0.25) is 4.79 Å². The Labute approximate surface area is 215 Å². The number of nitrogens with zero attached hydrogens (tertiary/aromatic N) is 5. The second kappa shape index (κ2) is 8.93. The number of carbonyl (C=O) groups excluding carboxylic acids is 2. The predicted molar refractivity (Wildman–Crippen MR) is 131 cm³/mol. The number of carbonyl (C=O) groups is 2. The van der Waals surface area contributed by atoms with E-state index in [-0.39, 0.29) is 37.1 Å². The number of aromatic nitrogens is 3. The molecule has 3 amide bonds. The monoisotopic (exact) mass is 518 g/mol. The Kier molecular flexibility index (Phi) is 5.13. The van der Waals surface area contributed by atoms with E-state index in [1.54, 1.807) is 44.4 Å². The molecule has 9 nitrogen and oxygen atoms in total. The highest BCUT2D eigenvalue weighted by atomic mass is 19.4. The van der Waals surface area contributed by atoms with E-state index in [9.17, 15) is 22.8 Å². The second-order valence-electron chi connectivity index (χ2n) is 9.83. The quantitative estimate of drug-likeness (QED) is 0.522. The van der Waals surface area contributed by atoms with E-state index in [2.05, 4.69) is 15.4 Å². The molecular weight excluding hydrogens is 487 g/mol. The molecule has 37 heavy (non-hydrogen) atoms. The average molecular weight is 519 g/mol. The number of benzene rings is 1. The van der Waals surface area contributed by atoms with Gasteiger partial charge in [-0.25, -0.2) is 9.78 Å². The number of nitrogens with one attached hydrogen (secondary N) is 2. The Balaban J connectivity index is 1.45. The van der Waals surface area contributed by atoms with E-state index < -0.39 is 30.3 Å². The summed E-state index contributed by atoms with van der Waals surface area (Å²) in [4.78, 5) is 32.1. The van der Waals surface area contributed by atoms with E-state index in [0.29, 0.717) is 17.1 Å². The van der Waals surface area contributed by atoms with E-state index in [4.69, 9.17) is 4.11 Å². The lowest BCUT2D eigenvalue weighted by Crippen LogP contribution is -2.65. The summed E-state index contributed by atoms with van der Waals surface area (Å²) >= 11 is 0. The standard InChI is InChI=1S/C25H28F3N7O2/c1-29-23(37)34-13-24(14-34,17-8-6-16(7-9-17)22(36)33(2)3)12-30-20-10-18(15-4-5-15)31-21-11-19(25(26,27)28)32-35(20)21/h6-11,15,30H,4-5,12-14H2,1-3H3,(H,29,37)/i1D3. The fraction of sp³-hybridized carbons (Fsp3) is 0.440. The first kappa shape index (κ1) is 21.3. The van der Waals surface area contributed by atoms with Crippen molar-refractivity contribution in [1.82, 2.24) is 29.7 Å². The van der Waals surface area contributed by atoms with Crippen molar-refractivity contribution in [1.29, 1.82) is 0 Å². The first-order valence-corrected chi connectivity index (χ1v) is 11.8. The van der Waals surface area contributed by atoms with Crippen molar-refractivity contribution in [3.63, 3.8) is 0 Å². The van der Waals surface area contributed by atoms with Crippen LogP contribution in [0.25, 0.3) is 5.65 Å². The number of amides is 3. The fourth-order valence-electron chi connectivity index (χ4n) is 4.63. The van der Waals surface area contributed by atoms with Crippen LogP contribution in [0.3, 0.4) is 0 Å². The van der Waals surface area contributed by atoms with Gasteiger partial charge < -0.3 is 20.4 Å². The molecule has 3 heterocycles. The van der Waals surface area contributed by atoms with Crippen LogP contribution < -0.4 is 10.6 Å². The molecule has 0 bridgehead atoms. The molecule has 196 valence electrons. The minimum absolute atomic E-state index is 0.0760. The van der Waals surface area contributed by atoms with Crippen molar-refractivity contribution >= 4 is 23.4 Å². The number of anilines is 1. The van der Waals surface area contributed by atoms with E-state index in [0.717, 1.165) is 29.0 Å².